The highest BCUT2D eigenvalue weighted by atomic mass is 32.1. The molecule has 2 heterocycles. The Morgan fingerprint density at radius 1 is 1.16 bits per heavy atom. The Labute approximate surface area is 188 Å². The highest BCUT2D eigenvalue weighted by Gasteiger charge is 2.21. The fraction of sp³-hybridized carbons (Fsp3) is 0.174. The maximum absolute atomic E-state index is 13.8. The summed E-state index contributed by atoms with van der Waals surface area (Å²) in [5.74, 6) is 0.0350. The minimum Gasteiger partial charge on any atom is -0.489 e. The second kappa shape index (κ2) is 9.71. The van der Waals surface area contributed by atoms with Crippen molar-refractivity contribution in [3.8, 4) is 22.1 Å². The molecule has 2 aromatic heterocycles. The number of ether oxygens (including phenoxy) is 2. The summed E-state index contributed by atoms with van der Waals surface area (Å²) < 4.78 is 26.1. The molecule has 1 amide bonds. The topological polar surface area (TPSA) is 78.3 Å². The standard InChI is InChI=1S/C23H21FN4O3S/c1-15-8-9-18(19(13-15)31-11-10-30-2)25-23(29)21-26-22(20-7-4-12-32-20)28(27-21)17-6-3-5-16(24)14-17/h3-9,12-14H,10-11H2,1-2H3,(H,25,29). The van der Waals surface area contributed by atoms with E-state index in [4.69, 9.17) is 9.47 Å². The molecule has 9 heteroatoms. The smallest absolute Gasteiger partial charge is 0.295 e. The zero-order valence-corrected chi connectivity index (χ0v) is 18.4. The van der Waals surface area contributed by atoms with Gasteiger partial charge in [0.2, 0.25) is 5.82 Å². The van der Waals surface area contributed by atoms with Gasteiger partial charge in [-0.25, -0.2) is 14.1 Å². The van der Waals surface area contributed by atoms with Gasteiger partial charge in [-0.3, -0.25) is 4.79 Å². The van der Waals surface area contributed by atoms with Crippen molar-refractivity contribution in [3.05, 3.63) is 77.2 Å². The molecule has 0 bridgehead atoms. The van der Waals surface area contributed by atoms with Gasteiger partial charge in [-0.1, -0.05) is 18.2 Å². The summed E-state index contributed by atoms with van der Waals surface area (Å²) in [5.41, 5.74) is 1.96. The largest absolute Gasteiger partial charge is 0.489 e. The Morgan fingerprint density at radius 2 is 2.03 bits per heavy atom. The second-order valence-corrected chi connectivity index (χ2v) is 7.87. The molecule has 0 saturated heterocycles. The number of hydrogen-bond donors (Lipinski definition) is 1. The normalized spacial score (nSPS) is 10.8. The van der Waals surface area contributed by atoms with Gasteiger partial charge in [-0.15, -0.1) is 16.4 Å². The lowest BCUT2D eigenvalue weighted by Crippen LogP contribution is -2.16. The van der Waals surface area contributed by atoms with Gasteiger partial charge in [0, 0.05) is 7.11 Å². The molecule has 0 fully saturated rings. The average Bonchev–Trinajstić information content (AvgIpc) is 3.45. The molecule has 0 radical (unpaired) electrons. The van der Waals surface area contributed by atoms with Crippen molar-refractivity contribution >= 4 is 22.9 Å². The summed E-state index contributed by atoms with van der Waals surface area (Å²) in [6.45, 7) is 2.70. The molecule has 0 saturated carbocycles. The highest BCUT2D eigenvalue weighted by molar-refractivity contribution is 7.13. The predicted molar refractivity (Wildman–Crippen MR) is 121 cm³/mol. The molecule has 0 aliphatic rings. The molecule has 0 atom stereocenters. The van der Waals surface area contributed by atoms with Crippen LogP contribution in [0.5, 0.6) is 5.75 Å². The summed E-state index contributed by atoms with van der Waals surface area (Å²) >= 11 is 1.45. The van der Waals surface area contributed by atoms with Crippen LogP contribution in [0.3, 0.4) is 0 Å². The number of hydrogen-bond acceptors (Lipinski definition) is 6. The molecule has 0 aliphatic heterocycles. The molecule has 4 aromatic rings. The van der Waals surface area contributed by atoms with Gasteiger partial charge >= 0.3 is 0 Å². The molecule has 2 aromatic carbocycles. The van der Waals surface area contributed by atoms with Gasteiger partial charge in [0.15, 0.2) is 5.82 Å². The summed E-state index contributed by atoms with van der Waals surface area (Å²) in [5, 5.41) is 9.08. The number of rotatable bonds is 8. The Bertz CT molecular complexity index is 1220. The van der Waals surface area contributed by atoms with Crippen LogP contribution in [-0.4, -0.2) is 41.0 Å². The van der Waals surface area contributed by atoms with Crippen molar-refractivity contribution in [3.63, 3.8) is 0 Å². The van der Waals surface area contributed by atoms with Crippen molar-refractivity contribution < 1.29 is 18.7 Å². The van der Waals surface area contributed by atoms with E-state index >= 15 is 0 Å². The molecular weight excluding hydrogens is 431 g/mol. The van der Waals surface area contributed by atoms with E-state index in [0.29, 0.717) is 36.2 Å². The molecule has 0 aliphatic carbocycles. The zero-order valence-electron chi connectivity index (χ0n) is 17.5. The first-order valence-corrected chi connectivity index (χ1v) is 10.7. The lowest BCUT2D eigenvalue weighted by atomic mass is 10.2. The van der Waals surface area contributed by atoms with Crippen LogP contribution < -0.4 is 10.1 Å². The van der Waals surface area contributed by atoms with Crippen LogP contribution in [0.15, 0.2) is 60.0 Å². The molecule has 1 N–H and O–H groups in total. The number of carbonyl (C=O) groups excluding carboxylic acids is 1. The van der Waals surface area contributed by atoms with E-state index in [9.17, 15) is 9.18 Å². The maximum atomic E-state index is 13.8. The van der Waals surface area contributed by atoms with Crippen LogP contribution in [0.1, 0.15) is 16.2 Å². The van der Waals surface area contributed by atoms with Crippen molar-refractivity contribution in [2.75, 3.05) is 25.6 Å². The lowest BCUT2D eigenvalue weighted by Gasteiger charge is -2.12. The number of amides is 1. The van der Waals surface area contributed by atoms with E-state index < -0.39 is 11.7 Å². The van der Waals surface area contributed by atoms with E-state index in [0.717, 1.165) is 10.4 Å². The molecule has 7 nitrogen and oxygen atoms in total. The van der Waals surface area contributed by atoms with Gasteiger partial charge in [0.05, 0.1) is 22.9 Å². The number of benzene rings is 2. The number of thiophene rings is 1. The van der Waals surface area contributed by atoms with Gasteiger partial charge in [0.25, 0.3) is 5.91 Å². The molecule has 32 heavy (non-hydrogen) atoms. The molecule has 0 unspecified atom stereocenters. The Balaban J connectivity index is 1.66. The average molecular weight is 453 g/mol. The fourth-order valence-corrected chi connectivity index (χ4v) is 3.73. The fourth-order valence-electron chi connectivity index (χ4n) is 3.03. The summed E-state index contributed by atoms with van der Waals surface area (Å²) in [6.07, 6.45) is 0. The van der Waals surface area contributed by atoms with Crippen LogP contribution >= 0.6 is 11.3 Å². The monoisotopic (exact) mass is 452 g/mol. The number of carbonyl (C=O) groups is 1. The van der Waals surface area contributed by atoms with Crippen molar-refractivity contribution in [1.29, 1.82) is 0 Å². The Morgan fingerprint density at radius 3 is 2.78 bits per heavy atom. The number of nitrogens with one attached hydrogen (secondary N) is 1. The molecule has 0 spiro atoms. The van der Waals surface area contributed by atoms with E-state index in [1.165, 1.54) is 28.2 Å². The summed E-state index contributed by atoms with van der Waals surface area (Å²) in [4.78, 5) is 18.3. The van der Waals surface area contributed by atoms with E-state index in [-0.39, 0.29) is 5.82 Å². The van der Waals surface area contributed by atoms with Gasteiger partial charge in [-0.2, -0.15) is 0 Å². The third kappa shape index (κ3) is 4.84. The quantitative estimate of drug-likeness (QED) is 0.392. The van der Waals surface area contributed by atoms with Crippen LogP contribution in [0.2, 0.25) is 0 Å². The first kappa shape index (κ1) is 21.7. The molecule has 164 valence electrons. The van der Waals surface area contributed by atoms with Crippen LogP contribution in [0, 0.1) is 12.7 Å². The third-order valence-electron chi connectivity index (χ3n) is 4.53. The first-order chi connectivity index (χ1) is 15.5. The van der Waals surface area contributed by atoms with Gasteiger partial charge in [0.1, 0.15) is 18.2 Å². The number of aryl methyl sites for hydroxylation is 1. The van der Waals surface area contributed by atoms with Crippen LogP contribution in [-0.2, 0) is 4.74 Å². The SMILES string of the molecule is COCCOc1cc(C)ccc1NC(=O)c1nc(-c2cccs2)n(-c2cccc(F)c2)n1. The predicted octanol–water partition coefficient (Wildman–Crippen LogP) is 4.72. The van der Waals surface area contributed by atoms with E-state index in [1.807, 2.05) is 36.6 Å². The number of halogens is 1. The lowest BCUT2D eigenvalue weighted by molar-refractivity contribution is 0.101. The summed E-state index contributed by atoms with van der Waals surface area (Å²) in [6, 6.07) is 15.2. The highest BCUT2D eigenvalue weighted by Crippen LogP contribution is 2.28. The molecule has 4 rings (SSSR count). The van der Waals surface area contributed by atoms with Crippen molar-refractivity contribution in [2.45, 2.75) is 6.92 Å². The van der Waals surface area contributed by atoms with Gasteiger partial charge in [-0.05, 0) is 54.3 Å². The van der Waals surface area contributed by atoms with Gasteiger partial charge < -0.3 is 14.8 Å². The van der Waals surface area contributed by atoms with Crippen LogP contribution in [0.4, 0.5) is 10.1 Å². The minimum atomic E-state index is -0.501. The maximum Gasteiger partial charge on any atom is 0.295 e. The number of nitrogens with zero attached hydrogens (tertiary/aromatic N) is 3. The third-order valence-corrected chi connectivity index (χ3v) is 5.40. The van der Waals surface area contributed by atoms with Crippen molar-refractivity contribution in [2.24, 2.45) is 0 Å². The Kier molecular flexibility index (Phi) is 6.58. The summed E-state index contributed by atoms with van der Waals surface area (Å²) in [7, 11) is 1.59. The second-order valence-electron chi connectivity index (χ2n) is 6.92. The first-order valence-electron chi connectivity index (χ1n) is 9.86. The Hall–Kier alpha value is -3.56. The number of methoxy groups -OCH3 is 1. The molecular formula is C23H21FN4O3S. The van der Waals surface area contributed by atoms with Crippen LogP contribution in [0.25, 0.3) is 16.4 Å². The number of aromatic nitrogens is 3. The van der Waals surface area contributed by atoms with Crippen molar-refractivity contribution in [1.82, 2.24) is 14.8 Å². The minimum absolute atomic E-state index is 0.0407. The van der Waals surface area contributed by atoms with E-state index in [1.54, 1.807) is 25.3 Å². The zero-order chi connectivity index (χ0) is 22.5. The van der Waals surface area contributed by atoms with E-state index in [2.05, 4.69) is 15.4 Å². The number of anilines is 1.